The van der Waals surface area contributed by atoms with Gasteiger partial charge < -0.3 is 20.0 Å². The molecule has 0 aromatic heterocycles. The van der Waals surface area contributed by atoms with Crippen LogP contribution in [0.3, 0.4) is 0 Å². The largest absolute Gasteiger partial charge is 0.465 e. The number of rotatable bonds is 7. The van der Waals surface area contributed by atoms with Crippen LogP contribution in [0.4, 0.5) is 9.59 Å². The molecule has 2 amide bonds. The second kappa shape index (κ2) is 8.51. The molecule has 0 radical (unpaired) electrons. The van der Waals surface area contributed by atoms with E-state index >= 15 is 0 Å². The van der Waals surface area contributed by atoms with Crippen molar-refractivity contribution >= 4 is 24.5 Å². The Labute approximate surface area is 152 Å². The number of allylic oxidation sites excluding steroid dienone is 1. The van der Waals surface area contributed by atoms with Gasteiger partial charge in [-0.25, -0.2) is 9.59 Å². The number of nitrogens with one attached hydrogen (secondary N) is 1. The minimum atomic E-state index is -0.914. The third-order valence-corrected chi connectivity index (χ3v) is 4.20. The molecular weight excluding hydrogens is 336 g/mol. The molecule has 1 aromatic carbocycles. The van der Waals surface area contributed by atoms with E-state index in [4.69, 9.17) is 9.84 Å². The number of carboxylic acid groups (broad SMARTS) is 1. The van der Waals surface area contributed by atoms with Crippen molar-refractivity contribution in [3.8, 4) is 0 Å². The standard InChI is InChI=1S/C19H24N2O5/c1-19(2,26-17(23)20-10-11-22)9-4-3-6-14-7-5-8-15-12-21(18(24)25)13-16(14)15/h3,5-8,11H,4,9-10,12-13H2,1-2H3,(H,20,23)(H,24,25)/b6-3+. The smallest absolute Gasteiger partial charge is 0.408 e. The number of hydrogen-bond acceptors (Lipinski definition) is 4. The fraction of sp³-hybridized carbons (Fsp3) is 0.421. The Kier molecular flexibility index (Phi) is 6.38. The average molecular weight is 360 g/mol. The Morgan fingerprint density at radius 3 is 2.81 bits per heavy atom. The van der Waals surface area contributed by atoms with E-state index in [2.05, 4.69) is 5.32 Å². The van der Waals surface area contributed by atoms with Gasteiger partial charge in [-0.15, -0.1) is 0 Å². The van der Waals surface area contributed by atoms with Gasteiger partial charge in [0.15, 0.2) is 0 Å². The summed E-state index contributed by atoms with van der Waals surface area (Å²) in [4.78, 5) is 34.3. The molecule has 2 N–H and O–H groups in total. The van der Waals surface area contributed by atoms with Gasteiger partial charge in [-0.05, 0) is 43.4 Å². The van der Waals surface area contributed by atoms with Crippen LogP contribution in [-0.2, 0) is 22.6 Å². The molecule has 0 atom stereocenters. The number of carbonyl (C=O) groups excluding carboxylic acids is 2. The van der Waals surface area contributed by atoms with E-state index in [1.54, 1.807) is 0 Å². The highest BCUT2D eigenvalue weighted by Gasteiger charge is 2.24. The van der Waals surface area contributed by atoms with Crippen LogP contribution in [0.5, 0.6) is 0 Å². The zero-order valence-corrected chi connectivity index (χ0v) is 15.0. The molecule has 0 saturated heterocycles. The van der Waals surface area contributed by atoms with Gasteiger partial charge in [0, 0.05) is 6.54 Å². The molecule has 1 aromatic rings. The van der Waals surface area contributed by atoms with Crippen LogP contribution in [0.25, 0.3) is 6.08 Å². The average Bonchev–Trinajstić information content (AvgIpc) is 3.01. The number of hydrogen-bond donors (Lipinski definition) is 2. The zero-order valence-electron chi connectivity index (χ0n) is 15.0. The number of carbonyl (C=O) groups is 3. The topological polar surface area (TPSA) is 95.9 Å². The highest BCUT2D eigenvalue weighted by Crippen LogP contribution is 2.27. The number of nitrogens with zero attached hydrogens (tertiary/aromatic N) is 1. The molecule has 7 nitrogen and oxygen atoms in total. The second-order valence-corrected chi connectivity index (χ2v) is 6.76. The molecule has 0 bridgehead atoms. The van der Waals surface area contributed by atoms with Gasteiger partial charge in [0.2, 0.25) is 0 Å². The third kappa shape index (κ3) is 5.34. The van der Waals surface area contributed by atoms with E-state index in [-0.39, 0.29) is 6.54 Å². The fourth-order valence-electron chi connectivity index (χ4n) is 2.84. The van der Waals surface area contributed by atoms with Crippen LogP contribution in [-0.4, -0.2) is 40.6 Å². The van der Waals surface area contributed by atoms with Crippen molar-refractivity contribution in [1.29, 1.82) is 0 Å². The number of ether oxygens (including phenoxy) is 1. The normalized spacial score (nSPS) is 13.5. The Bertz CT molecular complexity index is 712. The van der Waals surface area contributed by atoms with E-state index in [1.165, 1.54) is 4.90 Å². The number of alkyl carbamates (subject to hydrolysis) is 1. The number of fused-ring (bicyclic) bond motifs is 1. The Morgan fingerprint density at radius 1 is 1.35 bits per heavy atom. The fourth-order valence-corrected chi connectivity index (χ4v) is 2.84. The molecule has 0 aliphatic carbocycles. The highest BCUT2D eigenvalue weighted by molar-refractivity contribution is 5.71. The molecule has 0 spiro atoms. The lowest BCUT2D eigenvalue weighted by Gasteiger charge is -2.24. The molecule has 1 aliphatic rings. The van der Waals surface area contributed by atoms with Crippen LogP contribution < -0.4 is 5.32 Å². The van der Waals surface area contributed by atoms with E-state index in [0.717, 1.165) is 16.7 Å². The number of aldehydes is 1. The molecular formula is C19H24N2O5. The SMILES string of the molecule is CC(C)(CC/C=C/c1cccc2c1CN(C(=O)O)C2)OC(=O)NCC=O. The predicted octanol–water partition coefficient (Wildman–Crippen LogP) is 3.18. The Hall–Kier alpha value is -2.83. The molecule has 7 heteroatoms. The molecule has 0 unspecified atom stereocenters. The summed E-state index contributed by atoms with van der Waals surface area (Å²) < 4.78 is 5.29. The molecule has 1 aliphatic heterocycles. The summed E-state index contributed by atoms with van der Waals surface area (Å²) in [6, 6.07) is 5.84. The summed E-state index contributed by atoms with van der Waals surface area (Å²) in [7, 11) is 0. The van der Waals surface area contributed by atoms with Crippen LogP contribution in [0.1, 0.15) is 43.4 Å². The lowest BCUT2D eigenvalue weighted by Crippen LogP contribution is -2.35. The second-order valence-electron chi connectivity index (χ2n) is 6.76. The minimum Gasteiger partial charge on any atom is -0.465 e. The van der Waals surface area contributed by atoms with E-state index in [9.17, 15) is 14.4 Å². The molecule has 140 valence electrons. The van der Waals surface area contributed by atoms with Gasteiger partial charge in [-0.2, -0.15) is 0 Å². The summed E-state index contributed by atoms with van der Waals surface area (Å²) in [6.45, 7) is 4.37. The molecule has 2 rings (SSSR count). The molecule has 1 heterocycles. The first-order chi connectivity index (χ1) is 12.3. The van der Waals surface area contributed by atoms with Crippen molar-refractivity contribution in [3.63, 3.8) is 0 Å². The first-order valence-corrected chi connectivity index (χ1v) is 8.48. The van der Waals surface area contributed by atoms with E-state index in [0.29, 0.717) is 32.2 Å². The maximum absolute atomic E-state index is 11.5. The molecule has 0 fully saturated rings. The Morgan fingerprint density at radius 2 is 2.12 bits per heavy atom. The number of amides is 2. The quantitative estimate of drug-likeness (QED) is 0.728. The van der Waals surface area contributed by atoms with Crippen molar-refractivity contribution in [3.05, 3.63) is 41.0 Å². The van der Waals surface area contributed by atoms with Gasteiger partial charge in [0.05, 0.1) is 13.1 Å². The third-order valence-electron chi connectivity index (χ3n) is 4.20. The molecule has 26 heavy (non-hydrogen) atoms. The van der Waals surface area contributed by atoms with E-state index < -0.39 is 17.8 Å². The molecule has 0 saturated carbocycles. The zero-order chi connectivity index (χ0) is 19.2. The summed E-state index contributed by atoms with van der Waals surface area (Å²) in [5.74, 6) is 0. The minimum absolute atomic E-state index is 0.0682. The maximum atomic E-state index is 11.5. The maximum Gasteiger partial charge on any atom is 0.408 e. The van der Waals surface area contributed by atoms with Crippen molar-refractivity contribution in [2.24, 2.45) is 0 Å². The van der Waals surface area contributed by atoms with E-state index in [1.807, 2.05) is 44.2 Å². The first kappa shape index (κ1) is 19.5. The lowest BCUT2D eigenvalue weighted by molar-refractivity contribution is -0.107. The van der Waals surface area contributed by atoms with Crippen molar-refractivity contribution in [2.45, 2.75) is 45.4 Å². The highest BCUT2D eigenvalue weighted by atomic mass is 16.6. The van der Waals surface area contributed by atoms with Crippen LogP contribution in [0.2, 0.25) is 0 Å². The number of benzene rings is 1. The van der Waals surface area contributed by atoms with Gasteiger partial charge in [0.25, 0.3) is 0 Å². The monoisotopic (exact) mass is 360 g/mol. The summed E-state index contributed by atoms with van der Waals surface area (Å²) in [5, 5.41) is 11.5. The summed E-state index contributed by atoms with van der Waals surface area (Å²) in [5.41, 5.74) is 2.42. The van der Waals surface area contributed by atoms with Crippen molar-refractivity contribution < 1.29 is 24.2 Å². The van der Waals surface area contributed by atoms with Gasteiger partial charge >= 0.3 is 12.2 Å². The van der Waals surface area contributed by atoms with Gasteiger partial charge in [0.1, 0.15) is 11.9 Å². The Balaban J connectivity index is 1.90. The van der Waals surface area contributed by atoms with Crippen molar-refractivity contribution in [1.82, 2.24) is 10.2 Å². The summed E-state index contributed by atoms with van der Waals surface area (Å²) >= 11 is 0. The van der Waals surface area contributed by atoms with Gasteiger partial charge in [-0.3, -0.25) is 4.90 Å². The van der Waals surface area contributed by atoms with Gasteiger partial charge in [-0.1, -0.05) is 30.4 Å². The van der Waals surface area contributed by atoms with Crippen LogP contribution in [0.15, 0.2) is 24.3 Å². The van der Waals surface area contributed by atoms with Crippen LogP contribution in [0, 0.1) is 0 Å². The summed E-state index contributed by atoms with van der Waals surface area (Å²) in [6.07, 6.45) is 4.36. The predicted molar refractivity (Wildman–Crippen MR) is 96.6 cm³/mol. The van der Waals surface area contributed by atoms with Crippen LogP contribution >= 0.6 is 0 Å². The van der Waals surface area contributed by atoms with Crippen molar-refractivity contribution in [2.75, 3.05) is 6.54 Å². The lowest BCUT2D eigenvalue weighted by atomic mass is 10.00. The first-order valence-electron chi connectivity index (χ1n) is 8.48.